The van der Waals surface area contributed by atoms with Gasteiger partial charge in [0, 0.05) is 23.0 Å². The zero-order chi connectivity index (χ0) is 15.4. The molecule has 3 rings (SSSR count). The van der Waals surface area contributed by atoms with Crippen molar-refractivity contribution >= 4 is 17.2 Å². The van der Waals surface area contributed by atoms with E-state index in [9.17, 15) is 5.11 Å². The lowest BCUT2D eigenvalue weighted by Gasteiger charge is -2.08. The molecule has 0 fully saturated rings. The lowest BCUT2D eigenvalue weighted by atomic mass is 10.1. The predicted octanol–water partition coefficient (Wildman–Crippen LogP) is 2.96. The summed E-state index contributed by atoms with van der Waals surface area (Å²) in [7, 11) is 0. The van der Waals surface area contributed by atoms with Gasteiger partial charge < -0.3 is 16.2 Å². The smallest absolute Gasteiger partial charge is 0.134 e. The molecule has 1 aromatic heterocycles. The Morgan fingerprint density at radius 2 is 1.82 bits per heavy atom. The fourth-order valence-electron chi connectivity index (χ4n) is 2.13. The van der Waals surface area contributed by atoms with Crippen molar-refractivity contribution in [2.75, 3.05) is 11.1 Å². The average molecular weight is 292 g/mol. The van der Waals surface area contributed by atoms with E-state index in [1.807, 2.05) is 54.6 Å². The molecule has 5 heteroatoms. The second-order valence-corrected chi connectivity index (χ2v) is 4.89. The van der Waals surface area contributed by atoms with Crippen LogP contribution in [0, 0.1) is 0 Å². The van der Waals surface area contributed by atoms with Crippen LogP contribution in [0.25, 0.3) is 11.3 Å². The largest absolute Gasteiger partial charge is 0.399 e. The van der Waals surface area contributed by atoms with Crippen LogP contribution in [0.4, 0.5) is 17.2 Å². The van der Waals surface area contributed by atoms with Gasteiger partial charge in [-0.3, -0.25) is 0 Å². The van der Waals surface area contributed by atoms with E-state index in [4.69, 9.17) is 5.73 Å². The summed E-state index contributed by atoms with van der Waals surface area (Å²) >= 11 is 0. The second kappa shape index (κ2) is 6.24. The number of benzene rings is 2. The van der Waals surface area contributed by atoms with Gasteiger partial charge in [0.05, 0.1) is 12.3 Å². The highest BCUT2D eigenvalue weighted by Crippen LogP contribution is 2.22. The van der Waals surface area contributed by atoms with E-state index >= 15 is 0 Å². The zero-order valence-electron chi connectivity index (χ0n) is 11.9. The highest BCUT2D eigenvalue weighted by Gasteiger charge is 2.03. The molecule has 3 aromatic rings. The third-order valence-electron chi connectivity index (χ3n) is 3.26. The van der Waals surface area contributed by atoms with Crippen LogP contribution in [0.3, 0.4) is 0 Å². The number of hydrogen-bond donors (Lipinski definition) is 3. The Hall–Kier alpha value is -2.92. The Morgan fingerprint density at radius 1 is 1.00 bits per heavy atom. The number of nitrogens with one attached hydrogen (secondary N) is 1. The first-order valence-corrected chi connectivity index (χ1v) is 6.89. The van der Waals surface area contributed by atoms with Crippen molar-refractivity contribution < 1.29 is 5.11 Å². The third-order valence-corrected chi connectivity index (χ3v) is 3.26. The number of aliphatic hydroxyl groups is 1. The predicted molar refractivity (Wildman–Crippen MR) is 87.5 cm³/mol. The maximum absolute atomic E-state index is 9.23. The van der Waals surface area contributed by atoms with Gasteiger partial charge in [-0.05, 0) is 35.9 Å². The lowest BCUT2D eigenvalue weighted by molar-refractivity contribution is 0.282. The Morgan fingerprint density at radius 3 is 2.59 bits per heavy atom. The molecule has 0 saturated carbocycles. The van der Waals surface area contributed by atoms with Crippen LogP contribution in [0.1, 0.15) is 5.56 Å². The van der Waals surface area contributed by atoms with Crippen LogP contribution in [0.15, 0.2) is 60.9 Å². The van der Waals surface area contributed by atoms with Gasteiger partial charge in [-0.15, -0.1) is 0 Å². The Labute approximate surface area is 128 Å². The number of nitrogen functional groups attached to an aromatic ring is 1. The maximum Gasteiger partial charge on any atom is 0.134 e. The highest BCUT2D eigenvalue weighted by molar-refractivity contribution is 5.66. The molecule has 0 spiro atoms. The van der Waals surface area contributed by atoms with E-state index in [0.717, 1.165) is 28.2 Å². The van der Waals surface area contributed by atoms with Crippen LogP contribution in [-0.4, -0.2) is 15.1 Å². The van der Waals surface area contributed by atoms with Crippen LogP contribution >= 0.6 is 0 Å². The van der Waals surface area contributed by atoms with Gasteiger partial charge in [0.25, 0.3) is 0 Å². The van der Waals surface area contributed by atoms with Crippen LogP contribution < -0.4 is 11.1 Å². The quantitative estimate of drug-likeness (QED) is 0.644. The molecule has 0 unspecified atom stereocenters. The molecule has 110 valence electrons. The third kappa shape index (κ3) is 3.21. The minimum Gasteiger partial charge on any atom is -0.399 e. The number of aromatic nitrogens is 2. The summed E-state index contributed by atoms with van der Waals surface area (Å²) in [4.78, 5) is 8.51. The van der Waals surface area contributed by atoms with E-state index in [0.29, 0.717) is 5.82 Å². The number of rotatable bonds is 4. The molecule has 1 heterocycles. The Balaban J connectivity index is 1.87. The van der Waals surface area contributed by atoms with Gasteiger partial charge in [-0.1, -0.05) is 18.2 Å². The average Bonchev–Trinajstić information content (AvgIpc) is 2.57. The fraction of sp³-hybridized carbons (Fsp3) is 0.0588. The number of aliphatic hydroxyl groups excluding tert-OH is 1. The first-order chi connectivity index (χ1) is 10.7. The minimum atomic E-state index is 0.00939. The van der Waals surface area contributed by atoms with E-state index < -0.39 is 0 Å². The van der Waals surface area contributed by atoms with Gasteiger partial charge >= 0.3 is 0 Å². The maximum atomic E-state index is 9.23. The molecule has 0 atom stereocenters. The summed E-state index contributed by atoms with van der Waals surface area (Å²) in [6, 6.07) is 16.9. The molecule has 0 bridgehead atoms. The molecular weight excluding hydrogens is 276 g/mol. The molecule has 2 aromatic carbocycles. The first kappa shape index (κ1) is 14.0. The summed E-state index contributed by atoms with van der Waals surface area (Å²) < 4.78 is 0. The van der Waals surface area contributed by atoms with E-state index in [1.165, 1.54) is 6.33 Å². The lowest BCUT2D eigenvalue weighted by Crippen LogP contribution is -1.96. The molecule has 5 nitrogen and oxygen atoms in total. The SMILES string of the molecule is Nc1ccc(Nc2cc(-c3cccc(CO)c3)ncn2)cc1. The first-order valence-electron chi connectivity index (χ1n) is 6.89. The van der Waals surface area contributed by atoms with Crippen molar-refractivity contribution in [1.29, 1.82) is 0 Å². The summed E-state index contributed by atoms with van der Waals surface area (Å²) in [5.41, 5.74) is 9.88. The summed E-state index contributed by atoms with van der Waals surface area (Å²) in [6.07, 6.45) is 1.51. The number of hydrogen-bond acceptors (Lipinski definition) is 5. The van der Waals surface area contributed by atoms with Crippen LogP contribution in [-0.2, 0) is 6.61 Å². The zero-order valence-corrected chi connectivity index (χ0v) is 11.9. The van der Waals surface area contributed by atoms with Crippen molar-refractivity contribution in [2.45, 2.75) is 6.61 Å². The van der Waals surface area contributed by atoms with Gasteiger partial charge in [0.2, 0.25) is 0 Å². The van der Waals surface area contributed by atoms with Gasteiger partial charge in [0.15, 0.2) is 0 Å². The Kier molecular flexibility index (Phi) is 3.98. The second-order valence-electron chi connectivity index (χ2n) is 4.89. The van der Waals surface area contributed by atoms with Gasteiger partial charge in [-0.25, -0.2) is 9.97 Å². The Bertz CT molecular complexity index is 772. The van der Waals surface area contributed by atoms with Gasteiger partial charge in [0.1, 0.15) is 12.1 Å². The standard InChI is InChI=1S/C17H16N4O/c18-14-4-6-15(7-5-14)21-17-9-16(19-11-20-17)13-3-1-2-12(8-13)10-22/h1-9,11,22H,10,18H2,(H,19,20,21). The van der Waals surface area contributed by atoms with Crippen molar-refractivity contribution in [3.05, 3.63) is 66.5 Å². The normalized spacial score (nSPS) is 10.4. The molecular formula is C17H16N4O. The number of nitrogens with zero attached hydrogens (tertiary/aromatic N) is 2. The van der Waals surface area contributed by atoms with Crippen molar-refractivity contribution in [3.8, 4) is 11.3 Å². The fourth-order valence-corrected chi connectivity index (χ4v) is 2.13. The molecule has 0 saturated heterocycles. The van der Waals surface area contributed by atoms with Crippen LogP contribution in [0.2, 0.25) is 0 Å². The van der Waals surface area contributed by atoms with E-state index in [1.54, 1.807) is 0 Å². The molecule has 0 aliphatic carbocycles. The van der Waals surface area contributed by atoms with Crippen molar-refractivity contribution in [1.82, 2.24) is 9.97 Å². The topological polar surface area (TPSA) is 84.1 Å². The van der Waals surface area contributed by atoms with Gasteiger partial charge in [-0.2, -0.15) is 0 Å². The number of nitrogens with two attached hydrogens (primary N) is 1. The molecule has 22 heavy (non-hydrogen) atoms. The molecule has 0 amide bonds. The molecule has 0 radical (unpaired) electrons. The minimum absolute atomic E-state index is 0.00939. The molecule has 0 aliphatic heterocycles. The summed E-state index contributed by atoms with van der Waals surface area (Å²) in [5, 5.41) is 12.4. The molecule has 0 aliphatic rings. The molecule has 4 N–H and O–H groups in total. The van der Waals surface area contributed by atoms with Crippen LogP contribution in [0.5, 0.6) is 0 Å². The van der Waals surface area contributed by atoms with Crippen molar-refractivity contribution in [3.63, 3.8) is 0 Å². The monoisotopic (exact) mass is 292 g/mol. The summed E-state index contributed by atoms with van der Waals surface area (Å²) in [6.45, 7) is 0.00939. The van der Waals surface area contributed by atoms with E-state index in [-0.39, 0.29) is 6.61 Å². The number of anilines is 3. The van der Waals surface area contributed by atoms with Crippen molar-refractivity contribution in [2.24, 2.45) is 0 Å². The van der Waals surface area contributed by atoms with E-state index in [2.05, 4.69) is 15.3 Å². The highest BCUT2D eigenvalue weighted by atomic mass is 16.3. The summed E-state index contributed by atoms with van der Waals surface area (Å²) in [5.74, 6) is 0.698.